The van der Waals surface area contributed by atoms with Crippen LogP contribution in [0.3, 0.4) is 0 Å². The maximum atomic E-state index is 10.3. The van der Waals surface area contributed by atoms with E-state index in [0.717, 1.165) is 13.0 Å². The van der Waals surface area contributed by atoms with E-state index in [1.807, 2.05) is 0 Å². The molecular weight excluding hydrogens is 226 g/mol. The highest BCUT2D eigenvalue weighted by atomic mass is 16.5. The number of hydrogen-bond donors (Lipinski definition) is 1. The van der Waals surface area contributed by atoms with Crippen molar-refractivity contribution in [3.05, 3.63) is 0 Å². The molecule has 0 aromatic rings. The zero-order valence-electron chi connectivity index (χ0n) is 12.0. The highest BCUT2D eigenvalue weighted by Gasteiger charge is 2.35. The van der Waals surface area contributed by atoms with Crippen molar-refractivity contribution in [1.29, 1.82) is 0 Å². The van der Waals surface area contributed by atoms with Crippen molar-refractivity contribution >= 4 is 0 Å². The Bertz CT molecular complexity index is 247. The van der Waals surface area contributed by atoms with Crippen molar-refractivity contribution in [2.24, 2.45) is 5.92 Å². The summed E-state index contributed by atoms with van der Waals surface area (Å²) in [4.78, 5) is 2.58. The molecule has 2 fully saturated rings. The smallest absolute Gasteiger partial charge is 0.0670 e. The third-order valence-corrected chi connectivity index (χ3v) is 4.83. The van der Waals surface area contributed by atoms with Crippen LogP contribution in [-0.2, 0) is 4.74 Å². The normalized spacial score (nSPS) is 36.5. The van der Waals surface area contributed by atoms with Gasteiger partial charge in [-0.15, -0.1) is 0 Å². The summed E-state index contributed by atoms with van der Waals surface area (Å²) in [6, 6.07) is 0.589. The molecule has 1 N–H and O–H groups in total. The predicted octanol–water partition coefficient (Wildman–Crippen LogP) is 2.43. The van der Waals surface area contributed by atoms with Gasteiger partial charge >= 0.3 is 0 Å². The Labute approximate surface area is 112 Å². The second-order valence-corrected chi connectivity index (χ2v) is 6.12. The van der Waals surface area contributed by atoms with Gasteiger partial charge in [0.2, 0.25) is 0 Å². The third-order valence-electron chi connectivity index (χ3n) is 4.83. The molecule has 4 unspecified atom stereocenters. The van der Waals surface area contributed by atoms with Crippen LogP contribution in [-0.4, -0.2) is 48.5 Å². The fourth-order valence-corrected chi connectivity index (χ4v) is 3.72. The summed E-state index contributed by atoms with van der Waals surface area (Å²) >= 11 is 0. The molecule has 4 atom stereocenters. The van der Waals surface area contributed by atoms with Gasteiger partial charge in [-0.2, -0.15) is 0 Å². The molecule has 0 spiro atoms. The average molecular weight is 255 g/mol. The van der Waals surface area contributed by atoms with E-state index >= 15 is 0 Å². The molecule has 1 heterocycles. The molecule has 0 aromatic heterocycles. The molecule has 1 saturated carbocycles. The molecule has 2 aliphatic rings. The molecule has 1 aliphatic heterocycles. The lowest BCUT2D eigenvalue weighted by molar-refractivity contribution is -0.0243. The van der Waals surface area contributed by atoms with Crippen molar-refractivity contribution in [3.8, 4) is 0 Å². The van der Waals surface area contributed by atoms with E-state index in [1.165, 1.54) is 45.1 Å². The molecule has 0 radical (unpaired) electrons. The summed E-state index contributed by atoms with van der Waals surface area (Å²) < 4.78 is 5.41. The third kappa shape index (κ3) is 3.46. The quantitative estimate of drug-likeness (QED) is 0.837. The van der Waals surface area contributed by atoms with E-state index in [4.69, 9.17) is 4.74 Å². The largest absolute Gasteiger partial charge is 0.393 e. The van der Waals surface area contributed by atoms with Gasteiger partial charge in [-0.25, -0.2) is 0 Å². The van der Waals surface area contributed by atoms with Crippen molar-refractivity contribution < 1.29 is 9.84 Å². The van der Waals surface area contributed by atoms with Gasteiger partial charge in [0.1, 0.15) is 0 Å². The summed E-state index contributed by atoms with van der Waals surface area (Å²) in [5.74, 6) is 0.503. The first kappa shape index (κ1) is 14.3. The van der Waals surface area contributed by atoms with E-state index in [1.54, 1.807) is 7.11 Å². The predicted molar refractivity (Wildman–Crippen MR) is 73.6 cm³/mol. The Morgan fingerprint density at radius 3 is 2.61 bits per heavy atom. The first-order valence-corrected chi connectivity index (χ1v) is 7.67. The van der Waals surface area contributed by atoms with Crippen molar-refractivity contribution in [2.45, 2.75) is 70.1 Å². The number of rotatable bonds is 4. The Morgan fingerprint density at radius 2 is 1.89 bits per heavy atom. The van der Waals surface area contributed by atoms with Gasteiger partial charge in [0.25, 0.3) is 0 Å². The molecule has 1 aliphatic carbocycles. The molecule has 3 nitrogen and oxygen atoms in total. The Kier molecular flexibility index (Phi) is 5.46. The first-order chi connectivity index (χ1) is 8.72. The van der Waals surface area contributed by atoms with Gasteiger partial charge in [-0.1, -0.05) is 19.3 Å². The number of aliphatic hydroxyl groups excluding tert-OH is 1. The van der Waals surface area contributed by atoms with Crippen molar-refractivity contribution in [2.75, 3.05) is 20.2 Å². The maximum absolute atomic E-state index is 10.3. The van der Waals surface area contributed by atoms with Crippen LogP contribution in [0.4, 0.5) is 0 Å². The molecular formula is C15H29NO2. The molecule has 1 saturated heterocycles. The van der Waals surface area contributed by atoms with Crippen LogP contribution in [0.5, 0.6) is 0 Å². The fourth-order valence-electron chi connectivity index (χ4n) is 3.72. The summed E-state index contributed by atoms with van der Waals surface area (Å²) in [6.45, 7) is 4.34. The molecule has 18 heavy (non-hydrogen) atoms. The van der Waals surface area contributed by atoms with Gasteiger partial charge in [-0.05, 0) is 39.2 Å². The Morgan fingerprint density at radius 1 is 1.17 bits per heavy atom. The zero-order valence-corrected chi connectivity index (χ0v) is 12.0. The summed E-state index contributed by atoms with van der Waals surface area (Å²) in [5, 5.41) is 10.3. The van der Waals surface area contributed by atoms with Crippen LogP contribution in [0.1, 0.15) is 51.9 Å². The van der Waals surface area contributed by atoms with Gasteiger partial charge < -0.3 is 9.84 Å². The summed E-state index contributed by atoms with van der Waals surface area (Å²) in [6.07, 6.45) is 8.84. The number of likely N-dealkylation sites (tertiary alicyclic amines) is 1. The second-order valence-electron chi connectivity index (χ2n) is 6.12. The van der Waals surface area contributed by atoms with Gasteiger partial charge in [0, 0.05) is 25.6 Å². The topological polar surface area (TPSA) is 32.7 Å². The van der Waals surface area contributed by atoms with E-state index < -0.39 is 0 Å². The lowest BCUT2D eigenvalue weighted by Gasteiger charge is -2.44. The van der Waals surface area contributed by atoms with Gasteiger partial charge in [-0.3, -0.25) is 4.90 Å². The van der Waals surface area contributed by atoms with Crippen LogP contribution < -0.4 is 0 Å². The molecule has 2 rings (SSSR count). The highest BCUT2D eigenvalue weighted by molar-refractivity contribution is 4.89. The minimum absolute atomic E-state index is 0.0674. The van der Waals surface area contributed by atoms with Crippen molar-refractivity contribution in [1.82, 2.24) is 4.90 Å². The molecule has 0 aromatic carbocycles. The lowest BCUT2D eigenvalue weighted by atomic mass is 9.78. The van der Waals surface area contributed by atoms with Crippen LogP contribution in [0.2, 0.25) is 0 Å². The van der Waals surface area contributed by atoms with E-state index in [9.17, 15) is 5.11 Å². The average Bonchev–Trinajstić information content (AvgIpc) is 2.40. The minimum Gasteiger partial charge on any atom is -0.393 e. The first-order valence-electron chi connectivity index (χ1n) is 7.67. The van der Waals surface area contributed by atoms with E-state index in [-0.39, 0.29) is 6.10 Å². The Balaban J connectivity index is 1.97. The van der Waals surface area contributed by atoms with Gasteiger partial charge in [0.15, 0.2) is 0 Å². The number of methoxy groups -OCH3 is 1. The van der Waals surface area contributed by atoms with Crippen molar-refractivity contribution in [3.63, 3.8) is 0 Å². The number of aliphatic hydroxyl groups is 1. The van der Waals surface area contributed by atoms with Crippen LogP contribution in [0.15, 0.2) is 0 Å². The molecule has 3 heteroatoms. The number of nitrogens with zero attached hydrogens (tertiary/aromatic N) is 1. The van der Waals surface area contributed by atoms with Gasteiger partial charge in [0.05, 0.1) is 12.2 Å². The van der Waals surface area contributed by atoms with Crippen LogP contribution in [0, 0.1) is 5.92 Å². The number of hydrogen-bond acceptors (Lipinski definition) is 3. The summed E-state index contributed by atoms with van der Waals surface area (Å²) in [7, 11) is 1.79. The number of ether oxygens (including phenoxy) is 1. The number of piperidine rings is 1. The SMILES string of the molecule is COC(C)CN1CCCCC1C1CCCCC1O. The highest BCUT2D eigenvalue weighted by Crippen LogP contribution is 2.34. The van der Waals surface area contributed by atoms with E-state index in [0.29, 0.717) is 18.1 Å². The summed E-state index contributed by atoms with van der Waals surface area (Å²) in [5.41, 5.74) is 0. The van der Waals surface area contributed by atoms with Crippen LogP contribution in [0.25, 0.3) is 0 Å². The second kappa shape index (κ2) is 6.88. The standard InChI is InChI=1S/C15H29NO2/c1-12(18-2)11-16-10-6-5-8-14(16)13-7-3-4-9-15(13)17/h12-15,17H,3-11H2,1-2H3. The Hall–Kier alpha value is -0.120. The zero-order chi connectivity index (χ0) is 13.0. The minimum atomic E-state index is -0.0674. The van der Waals surface area contributed by atoms with E-state index in [2.05, 4.69) is 11.8 Å². The fraction of sp³-hybridized carbons (Fsp3) is 1.00. The van der Waals surface area contributed by atoms with Crippen LogP contribution >= 0.6 is 0 Å². The molecule has 0 bridgehead atoms. The monoisotopic (exact) mass is 255 g/mol. The molecule has 106 valence electrons. The lowest BCUT2D eigenvalue weighted by Crippen LogP contribution is -2.50. The molecule has 0 amide bonds. The maximum Gasteiger partial charge on any atom is 0.0670 e.